The Morgan fingerprint density at radius 1 is 1.14 bits per heavy atom. The molecular formula is C26H24FN3O6. The van der Waals surface area contributed by atoms with Crippen LogP contribution < -0.4 is 19.1 Å². The van der Waals surface area contributed by atoms with Crippen molar-refractivity contribution in [3.05, 3.63) is 71.3 Å². The van der Waals surface area contributed by atoms with Gasteiger partial charge in [-0.1, -0.05) is 6.07 Å². The Kier molecular flexibility index (Phi) is 6.32. The highest BCUT2D eigenvalue weighted by Gasteiger charge is 2.37. The summed E-state index contributed by atoms with van der Waals surface area (Å²) in [6.07, 6.45) is 1.88. The van der Waals surface area contributed by atoms with Crippen LogP contribution in [0.1, 0.15) is 16.8 Å². The number of ether oxygens (including phenoxy) is 4. The third kappa shape index (κ3) is 4.37. The molecule has 0 aliphatic carbocycles. The fourth-order valence-electron chi connectivity index (χ4n) is 4.26. The summed E-state index contributed by atoms with van der Waals surface area (Å²) in [7, 11) is 4.47. The smallest absolute Gasteiger partial charge is 0.329 e. The molecule has 0 saturated heterocycles. The van der Waals surface area contributed by atoms with Crippen LogP contribution in [0.25, 0.3) is 11.1 Å². The average Bonchev–Trinajstić information content (AvgIpc) is 3.33. The fraction of sp³-hybridized carbons (Fsp3) is 0.269. The Labute approximate surface area is 206 Å². The van der Waals surface area contributed by atoms with Crippen molar-refractivity contribution in [1.29, 1.82) is 0 Å². The lowest BCUT2D eigenvalue weighted by Crippen LogP contribution is -2.46. The predicted molar refractivity (Wildman–Crippen MR) is 128 cm³/mol. The van der Waals surface area contributed by atoms with Crippen molar-refractivity contribution < 1.29 is 32.5 Å². The van der Waals surface area contributed by atoms with Gasteiger partial charge in [0.15, 0.2) is 17.1 Å². The maximum atomic E-state index is 13.7. The van der Waals surface area contributed by atoms with Crippen molar-refractivity contribution in [1.82, 2.24) is 9.97 Å². The van der Waals surface area contributed by atoms with Crippen LogP contribution in [0.3, 0.4) is 0 Å². The molecule has 1 aliphatic heterocycles. The molecule has 10 heteroatoms. The van der Waals surface area contributed by atoms with Crippen molar-refractivity contribution in [2.24, 2.45) is 0 Å². The largest absolute Gasteiger partial charge is 0.495 e. The number of esters is 1. The minimum Gasteiger partial charge on any atom is -0.495 e. The highest BCUT2D eigenvalue weighted by Crippen LogP contribution is 2.40. The van der Waals surface area contributed by atoms with Gasteiger partial charge in [0, 0.05) is 24.6 Å². The molecule has 0 saturated carbocycles. The standard InChI is InChI=1S/C26H24FN3O6/c1-32-18-7-6-17(28-12-18)14-35-24-19-11-21(25(31)34-3)30(13-15(19)4-9-22(24)33-2)26-29-20-8-5-16(27)10-23(20)36-26/h4-10,12,21H,11,13-14H2,1-3H3. The van der Waals surface area contributed by atoms with Crippen LogP contribution in [-0.4, -0.2) is 43.3 Å². The monoisotopic (exact) mass is 493 g/mol. The van der Waals surface area contributed by atoms with E-state index in [1.807, 2.05) is 18.2 Å². The van der Waals surface area contributed by atoms with E-state index in [0.29, 0.717) is 40.6 Å². The van der Waals surface area contributed by atoms with E-state index in [2.05, 4.69) is 9.97 Å². The van der Waals surface area contributed by atoms with Crippen LogP contribution in [0, 0.1) is 5.82 Å². The first-order valence-electron chi connectivity index (χ1n) is 11.2. The molecule has 2 aromatic carbocycles. The van der Waals surface area contributed by atoms with E-state index in [-0.39, 0.29) is 19.0 Å². The van der Waals surface area contributed by atoms with Crippen LogP contribution in [0.15, 0.2) is 53.1 Å². The normalized spacial score (nSPS) is 14.9. The molecule has 0 bridgehead atoms. The summed E-state index contributed by atoms with van der Waals surface area (Å²) in [6, 6.07) is 10.9. The van der Waals surface area contributed by atoms with Crippen LogP contribution in [0.5, 0.6) is 17.2 Å². The van der Waals surface area contributed by atoms with Gasteiger partial charge in [-0.15, -0.1) is 0 Å². The molecule has 36 heavy (non-hydrogen) atoms. The lowest BCUT2D eigenvalue weighted by atomic mass is 9.92. The first kappa shape index (κ1) is 23.4. The van der Waals surface area contributed by atoms with E-state index in [1.165, 1.54) is 25.3 Å². The summed E-state index contributed by atoms with van der Waals surface area (Å²) >= 11 is 0. The second kappa shape index (κ2) is 9.73. The molecule has 9 nitrogen and oxygen atoms in total. The molecule has 1 unspecified atom stereocenters. The number of fused-ring (bicyclic) bond motifs is 2. The Morgan fingerprint density at radius 3 is 2.72 bits per heavy atom. The fourth-order valence-corrected chi connectivity index (χ4v) is 4.26. The molecule has 0 fully saturated rings. The molecule has 1 aliphatic rings. The quantitative estimate of drug-likeness (QED) is 0.353. The van der Waals surface area contributed by atoms with Gasteiger partial charge in [-0.05, 0) is 35.9 Å². The molecular weight excluding hydrogens is 469 g/mol. The molecule has 4 aromatic rings. The number of carbonyl (C=O) groups excluding carboxylic acids is 1. The number of halogens is 1. The molecule has 0 N–H and O–H groups in total. The number of pyridine rings is 1. The molecule has 5 rings (SSSR count). The van der Waals surface area contributed by atoms with Crippen molar-refractivity contribution in [3.8, 4) is 17.2 Å². The topological polar surface area (TPSA) is 96.2 Å². The van der Waals surface area contributed by atoms with Gasteiger partial charge in [-0.3, -0.25) is 4.98 Å². The summed E-state index contributed by atoms with van der Waals surface area (Å²) in [6.45, 7) is 0.492. The SMILES string of the molecule is COC(=O)C1Cc2c(ccc(OC)c2OCc2ccc(OC)cn2)CN1c1nc2ccc(F)cc2o1. The molecule has 3 heterocycles. The van der Waals surface area contributed by atoms with Gasteiger partial charge in [-0.2, -0.15) is 4.98 Å². The van der Waals surface area contributed by atoms with Crippen molar-refractivity contribution in [3.63, 3.8) is 0 Å². The van der Waals surface area contributed by atoms with Crippen molar-refractivity contribution in [2.45, 2.75) is 25.6 Å². The van der Waals surface area contributed by atoms with Gasteiger partial charge in [0.2, 0.25) is 0 Å². The lowest BCUT2D eigenvalue weighted by molar-refractivity contribution is -0.142. The van der Waals surface area contributed by atoms with Crippen LogP contribution >= 0.6 is 0 Å². The minimum absolute atomic E-state index is 0.195. The van der Waals surface area contributed by atoms with Crippen molar-refractivity contribution >= 4 is 23.1 Å². The molecule has 2 aromatic heterocycles. The maximum Gasteiger partial charge on any atom is 0.329 e. The highest BCUT2D eigenvalue weighted by atomic mass is 19.1. The van der Waals surface area contributed by atoms with E-state index in [1.54, 1.807) is 31.4 Å². The summed E-state index contributed by atoms with van der Waals surface area (Å²) in [4.78, 5) is 23.4. The average molecular weight is 493 g/mol. The molecule has 0 amide bonds. The number of benzene rings is 2. The number of methoxy groups -OCH3 is 3. The number of rotatable bonds is 7. The molecule has 186 valence electrons. The number of nitrogens with zero attached hydrogens (tertiary/aromatic N) is 3. The van der Waals surface area contributed by atoms with Crippen LogP contribution in [0.4, 0.5) is 10.4 Å². The van der Waals surface area contributed by atoms with Gasteiger partial charge in [-0.25, -0.2) is 9.18 Å². The molecule has 1 atom stereocenters. The van der Waals surface area contributed by atoms with E-state index >= 15 is 0 Å². The number of hydrogen-bond acceptors (Lipinski definition) is 9. The van der Waals surface area contributed by atoms with Gasteiger partial charge in [0.1, 0.15) is 29.7 Å². The Morgan fingerprint density at radius 2 is 2.00 bits per heavy atom. The Balaban J connectivity index is 1.50. The number of carbonyl (C=O) groups is 1. The Bertz CT molecular complexity index is 1410. The van der Waals surface area contributed by atoms with Crippen LogP contribution in [0.2, 0.25) is 0 Å². The third-order valence-corrected chi connectivity index (χ3v) is 6.11. The zero-order valence-corrected chi connectivity index (χ0v) is 20.0. The minimum atomic E-state index is -0.742. The first-order chi connectivity index (χ1) is 17.5. The summed E-state index contributed by atoms with van der Waals surface area (Å²) in [5.41, 5.74) is 3.21. The number of hydrogen-bond donors (Lipinski definition) is 0. The van der Waals surface area contributed by atoms with E-state index in [9.17, 15) is 9.18 Å². The predicted octanol–water partition coefficient (Wildman–Crippen LogP) is 4.06. The summed E-state index contributed by atoms with van der Waals surface area (Å²) in [5, 5.41) is 0. The van der Waals surface area contributed by atoms with E-state index in [0.717, 1.165) is 11.1 Å². The maximum absolute atomic E-state index is 13.7. The van der Waals surface area contributed by atoms with Crippen molar-refractivity contribution in [2.75, 3.05) is 26.2 Å². The van der Waals surface area contributed by atoms with Crippen LogP contribution in [-0.2, 0) is 29.1 Å². The highest BCUT2D eigenvalue weighted by molar-refractivity contribution is 5.82. The number of oxazole rings is 1. The van der Waals surface area contributed by atoms with Gasteiger partial charge in [0.25, 0.3) is 6.01 Å². The summed E-state index contributed by atoms with van der Waals surface area (Å²) < 4.78 is 41.5. The van der Waals surface area contributed by atoms with Gasteiger partial charge < -0.3 is 28.3 Å². The Hall–Kier alpha value is -4.34. The molecule has 0 spiro atoms. The third-order valence-electron chi connectivity index (χ3n) is 6.11. The number of anilines is 1. The summed E-state index contributed by atoms with van der Waals surface area (Å²) in [5.74, 6) is 0.826. The zero-order chi connectivity index (χ0) is 25.2. The first-order valence-corrected chi connectivity index (χ1v) is 11.2. The van der Waals surface area contributed by atoms with Gasteiger partial charge in [0.05, 0.1) is 33.2 Å². The number of aromatic nitrogens is 2. The van der Waals surface area contributed by atoms with Gasteiger partial charge >= 0.3 is 5.97 Å². The van der Waals surface area contributed by atoms with E-state index in [4.69, 9.17) is 23.4 Å². The second-order valence-corrected chi connectivity index (χ2v) is 8.19. The lowest BCUT2D eigenvalue weighted by Gasteiger charge is -2.35. The zero-order valence-electron chi connectivity index (χ0n) is 20.0. The second-order valence-electron chi connectivity index (χ2n) is 8.19. The molecule has 0 radical (unpaired) electrons. The van der Waals surface area contributed by atoms with E-state index < -0.39 is 17.8 Å².